The topological polar surface area (TPSA) is 68.1 Å². The Labute approximate surface area is 148 Å². The van der Waals surface area contributed by atoms with E-state index in [2.05, 4.69) is 9.97 Å². The molecule has 0 radical (unpaired) electrons. The van der Waals surface area contributed by atoms with Crippen molar-refractivity contribution in [3.63, 3.8) is 0 Å². The maximum absolute atomic E-state index is 14.2. The van der Waals surface area contributed by atoms with Crippen LogP contribution < -0.4 is 4.90 Å². The van der Waals surface area contributed by atoms with E-state index in [0.29, 0.717) is 25.2 Å². The van der Waals surface area contributed by atoms with Gasteiger partial charge in [-0.3, -0.25) is 19.1 Å². The number of carbonyl (C=O) groups is 2. The van der Waals surface area contributed by atoms with Crippen LogP contribution in [0, 0.1) is 5.82 Å². The minimum absolute atomic E-state index is 0.0139. The van der Waals surface area contributed by atoms with E-state index in [1.807, 2.05) is 11.0 Å². The number of hydrogen-bond acceptors (Lipinski definition) is 5. The Morgan fingerprint density at radius 2 is 2.12 bits per heavy atom. The number of benzene rings is 1. The molecule has 0 amide bonds. The fourth-order valence-electron chi connectivity index (χ4n) is 3.08. The Morgan fingerprint density at radius 3 is 2.92 bits per heavy atom. The Balaban J connectivity index is 1.64. The van der Waals surface area contributed by atoms with Crippen molar-refractivity contribution < 1.29 is 14.0 Å². The monoisotopic (exact) mass is 350 g/mol. The predicted molar refractivity (Wildman–Crippen MR) is 92.6 cm³/mol. The molecule has 4 rings (SSSR count). The number of hydrogen-bond donors (Lipinski definition) is 0. The summed E-state index contributed by atoms with van der Waals surface area (Å²) in [5.74, 6) is -1.03. The number of halogens is 1. The molecule has 130 valence electrons. The van der Waals surface area contributed by atoms with Crippen molar-refractivity contribution in [2.75, 3.05) is 11.4 Å². The van der Waals surface area contributed by atoms with Gasteiger partial charge in [0.25, 0.3) is 5.91 Å². The quantitative estimate of drug-likeness (QED) is 0.726. The smallest absolute Gasteiger partial charge is 0.266 e. The van der Waals surface area contributed by atoms with Gasteiger partial charge in [0.05, 0.1) is 11.3 Å². The van der Waals surface area contributed by atoms with Gasteiger partial charge >= 0.3 is 0 Å². The van der Waals surface area contributed by atoms with Gasteiger partial charge in [-0.1, -0.05) is 6.07 Å². The summed E-state index contributed by atoms with van der Waals surface area (Å²) in [6.07, 6.45) is 6.26. The van der Waals surface area contributed by atoms with E-state index >= 15 is 0 Å². The Hall–Kier alpha value is -3.35. The second-order valence-electron chi connectivity index (χ2n) is 6.06. The largest absolute Gasteiger partial charge is 0.365 e. The number of aromatic nitrogens is 3. The molecule has 0 saturated carbocycles. The van der Waals surface area contributed by atoms with E-state index in [1.165, 1.54) is 29.4 Å². The maximum atomic E-state index is 14.2. The third kappa shape index (κ3) is 2.88. The van der Waals surface area contributed by atoms with Crippen LogP contribution in [0.3, 0.4) is 0 Å². The van der Waals surface area contributed by atoms with E-state index in [1.54, 1.807) is 24.4 Å². The normalized spacial score (nSPS) is 13.6. The summed E-state index contributed by atoms with van der Waals surface area (Å²) in [5, 5.41) is 0. The number of pyridine rings is 1. The van der Waals surface area contributed by atoms with Gasteiger partial charge in [-0.05, 0) is 29.8 Å². The molecule has 1 aliphatic rings. The lowest BCUT2D eigenvalue weighted by Crippen LogP contribution is -2.32. The molecule has 0 bridgehead atoms. The first kappa shape index (κ1) is 16.1. The van der Waals surface area contributed by atoms with Gasteiger partial charge in [-0.25, -0.2) is 9.37 Å². The fraction of sp³-hybridized carbons (Fsp3) is 0.158. The highest BCUT2D eigenvalue weighted by Crippen LogP contribution is 2.27. The molecular formula is C19H15FN4O2. The Bertz CT molecular complexity index is 985. The summed E-state index contributed by atoms with van der Waals surface area (Å²) < 4.78 is 15.4. The molecule has 0 unspecified atom stereocenters. The fourth-order valence-corrected chi connectivity index (χ4v) is 3.08. The van der Waals surface area contributed by atoms with Gasteiger partial charge in [0.2, 0.25) is 0 Å². The van der Waals surface area contributed by atoms with Crippen molar-refractivity contribution in [2.24, 2.45) is 0 Å². The molecule has 1 aliphatic heterocycles. The van der Waals surface area contributed by atoms with Gasteiger partial charge in [0.15, 0.2) is 5.78 Å². The summed E-state index contributed by atoms with van der Waals surface area (Å²) in [7, 11) is 0. The highest BCUT2D eigenvalue weighted by molar-refractivity contribution is 6.01. The van der Waals surface area contributed by atoms with Crippen molar-refractivity contribution >= 4 is 17.4 Å². The van der Waals surface area contributed by atoms with E-state index < -0.39 is 11.7 Å². The molecule has 1 aromatic carbocycles. The number of anilines is 1. The minimum atomic E-state index is -0.580. The van der Waals surface area contributed by atoms with Crippen LogP contribution in [-0.4, -0.2) is 32.8 Å². The summed E-state index contributed by atoms with van der Waals surface area (Å²) in [6.45, 7) is 1.01. The van der Waals surface area contributed by atoms with Crippen LogP contribution in [0.5, 0.6) is 0 Å². The standard InChI is InChI=1S/C19H15FN4O2/c20-15-4-3-13(10-14(15)19(26)24-9-7-21-12-24)11-23-8-5-17(25)18-16(23)2-1-6-22-18/h1-4,6-7,9-10,12H,5,8,11H2. The van der Waals surface area contributed by atoms with Gasteiger partial charge in [0.1, 0.15) is 17.8 Å². The third-order valence-corrected chi connectivity index (χ3v) is 4.37. The third-order valence-electron chi connectivity index (χ3n) is 4.37. The summed E-state index contributed by atoms with van der Waals surface area (Å²) in [6, 6.07) is 8.11. The van der Waals surface area contributed by atoms with Crippen LogP contribution in [0.1, 0.15) is 32.8 Å². The van der Waals surface area contributed by atoms with Crippen molar-refractivity contribution in [1.29, 1.82) is 0 Å². The van der Waals surface area contributed by atoms with Crippen molar-refractivity contribution in [1.82, 2.24) is 14.5 Å². The van der Waals surface area contributed by atoms with Gasteiger partial charge in [0, 0.05) is 38.1 Å². The summed E-state index contributed by atoms with van der Waals surface area (Å²) >= 11 is 0. The molecule has 0 spiro atoms. The zero-order valence-electron chi connectivity index (χ0n) is 13.8. The molecule has 0 aliphatic carbocycles. The first-order chi connectivity index (χ1) is 12.6. The number of imidazole rings is 1. The molecule has 3 aromatic rings. The highest BCUT2D eigenvalue weighted by atomic mass is 19.1. The van der Waals surface area contributed by atoms with E-state index in [-0.39, 0.29) is 11.3 Å². The van der Waals surface area contributed by atoms with Gasteiger partial charge in [-0.15, -0.1) is 0 Å². The molecule has 3 heterocycles. The van der Waals surface area contributed by atoms with E-state index in [4.69, 9.17) is 0 Å². The van der Waals surface area contributed by atoms with Crippen LogP contribution in [0.4, 0.5) is 10.1 Å². The van der Waals surface area contributed by atoms with Crippen LogP contribution >= 0.6 is 0 Å². The Kier molecular flexibility index (Phi) is 4.04. The lowest BCUT2D eigenvalue weighted by atomic mass is 10.0. The zero-order valence-corrected chi connectivity index (χ0v) is 13.8. The van der Waals surface area contributed by atoms with Crippen molar-refractivity contribution in [3.8, 4) is 0 Å². The number of rotatable bonds is 3. The van der Waals surface area contributed by atoms with E-state index in [0.717, 1.165) is 11.3 Å². The van der Waals surface area contributed by atoms with E-state index in [9.17, 15) is 14.0 Å². The van der Waals surface area contributed by atoms with Crippen LogP contribution in [0.15, 0.2) is 55.2 Å². The van der Waals surface area contributed by atoms with Crippen molar-refractivity contribution in [3.05, 3.63) is 77.9 Å². The van der Waals surface area contributed by atoms with Crippen LogP contribution in [-0.2, 0) is 6.54 Å². The number of Topliss-reactive ketones (excluding diaryl/α,β-unsaturated/α-hetero) is 1. The molecular weight excluding hydrogens is 335 g/mol. The average molecular weight is 350 g/mol. The molecule has 0 fully saturated rings. The molecule has 2 aromatic heterocycles. The molecule has 0 N–H and O–H groups in total. The molecule has 7 heteroatoms. The first-order valence-corrected chi connectivity index (χ1v) is 8.18. The lowest BCUT2D eigenvalue weighted by molar-refractivity contribution is 0.0953. The van der Waals surface area contributed by atoms with Crippen LogP contribution in [0.2, 0.25) is 0 Å². The first-order valence-electron chi connectivity index (χ1n) is 8.18. The second kappa shape index (κ2) is 6.51. The van der Waals surface area contributed by atoms with Crippen molar-refractivity contribution in [2.45, 2.75) is 13.0 Å². The zero-order chi connectivity index (χ0) is 18.1. The lowest BCUT2D eigenvalue weighted by Gasteiger charge is -2.29. The van der Waals surface area contributed by atoms with Crippen LogP contribution in [0.25, 0.3) is 0 Å². The second-order valence-corrected chi connectivity index (χ2v) is 6.06. The number of carbonyl (C=O) groups excluding carboxylic acids is 2. The predicted octanol–water partition coefficient (Wildman–Crippen LogP) is 2.70. The molecule has 26 heavy (non-hydrogen) atoms. The maximum Gasteiger partial charge on any atom is 0.266 e. The van der Waals surface area contributed by atoms with Gasteiger partial charge in [-0.2, -0.15) is 0 Å². The molecule has 0 atom stereocenters. The SMILES string of the molecule is O=C1CCN(Cc2ccc(F)c(C(=O)n3ccnc3)c2)c2cccnc21. The highest BCUT2D eigenvalue weighted by Gasteiger charge is 2.24. The number of fused-ring (bicyclic) bond motifs is 1. The summed E-state index contributed by atoms with van der Waals surface area (Å²) in [4.78, 5) is 34.4. The van der Waals surface area contributed by atoms with Gasteiger partial charge < -0.3 is 4.90 Å². The molecule has 6 nitrogen and oxygen atoms in total. The summed E-state index contributed by atoms with van der Waals surface area (Å²) in [5.41, 5.74) is 1.98. The Morgan fingerprint density at radius 1 is 1.23 bits per heavy atom. The molecule has 0 saturated heterocycles. The minimum Gasteiger partial charge on any atom is -0.365 e. The average Bonchev–Trinajstić information content (AvgIpc) is 3.20. The number of ketones is 1. The number of nitrogens with zero attached hydrogens (tertiary/aromatic N) is 4.